The molecule has 0 N–H and O–H groups in total. The van der Waals surface area contributed by atoms with Crippen LogP contribution in [0.4, 0.5) is 0 Å². The Morgan fingerprint density at radius 2 is 2.05 bits per heavy atom. The largest absolute Gasteiger partial charge is 0.298 e. The lowest BCUT2D eigenvalue weighted by molar-refractivity contribution is 0.236. The zero-order valence-electron chi connectivity index (χ0n) is 12.7. The molecular formula is C15H22N2OS2. The van der Waals surface area contributed by atoms with Crippen LogP contribution in [0.1, 0.15) is 31.2 Å². The van der Waals surface area contributed by atoms with Crippen LogP contribution in [0.3, 0.4) is 0 Å². The Morgan fingerprint density at radius 3 is 2.60 bits per heavy atom. The Hall–Kier alpha value is -0.810. The van der Waals surface area contributed by atoms with Gasteiger partial charge in [0.05, 0.1) is 11.7 Å². The molecule has 0 radical (unpaired) electrons. The minimum atomic E-state index is 0.0767. The summed E-state index contributed by atoms with van der Waals surface area (Å²) in [5, 5.41) is 0.779. The third-order valence-electron chi connectivity index (χ3n) is 4.02. The molecule has 0 saturated carbocycles. The predicted octanol–water partition coefficient (Wildman–Crippen LogP) is 3.67. The van der Waals surface area contributed by atoms with E-state index in [9.17, 15) is 4.79 Å². The van der Waals surface area contributed by atoms with Crippen molar-refractivity contribution in [2.75, 3.05) is 5.75 Å². The first-order valence-electron chi connectivity index (χ1n) is 6.81. The van der Waals surface area contributed by atoms with Gasteiger partial charge in [0.2, 0.25) is 0 Å². The molecule has 0 aliphatic carbocycles. The van der Waals surface area contributed by atoms with Crippen molar-refractivity contribution < 1.29 is 0 Å². The van der Waals surface area contributed by atoms with Crippen LogP contribution in [0.25, 0.3) is 10.2 Å². The lowest BCUT2D eigenvalue weighted by atomic mass is 9.82. The molecule has 0 spiro atoms. The number of fused-ring (bicyclic) bond motifs is 1. The molecule has 0 fully saturated rings. The van der Waals surface area contributed by atoms with Crippen molar-refractivity contribution in [2.24, 2.45) is 11.3 Å². The molecule has 2 aromatic rings. The molecule has 20 heavy (non-hydrogen) atoms. The maximum atomic E-state index is 12.6. The van der Waals surface area contributed by atoms with Crippen molar-refractivity contribution in [3.8, 4) is 0 Å². The van der Waals surface area contributed by atoms with Gasteiger partial charge in [0.15, 0.2) is 0 Å². The van der Waals surface area contributed by atoms with Gasteiger partial charge in [0, 0.05) is 11.4 Å². The second-order valence-corrected chi connectivity index (χ2v) is 7.98. The fourth-order valence-electron chi connectivity index (χ4n) is 2.24. The molecule has 2 rings (SSSR count). The maximum Gasteiger partial charge on any atom is 0.262 e. The molecule has 0 amide bonds. The van der Waals surface area contributed by atoms with Gasteiger partial charge < -0.3 is 0 Å². The van der Waals surface area contributed by atoms with Crippen molar-refractivity contribution in [3.05, 3.63) is 27.1 Å². The van der Waals surface area contributed by atoms with Crippen LogP contribution in [-0.4, -0.2) is 15.3 Å². The smallest absolute Gasteiger partial charge is 0.262 e. The molecule has 0 saturated heterocycles. The van der Waals surface area contributed by atoms with Gasteiger partial charge in [-0.05, 0) is 36.5 Å². The molecule has 1 unspecified atom stereocenters. The highest BCUT2D eigenvalue weighted by atomic mass is 32.1. The standard InChI is InChI=1S/C15H22N2OS2/c1-9-10(2)20-13-12(9)14(18)17(8-16-13)6-11(7-19)15(3,4)5/h8,11,19H,6-7H2,1-5H3. The van der Waals surface area contributed by atoms with Crippen LogP contribution >= 0.6 is 24.0 Å². The van der Waals surface area contributed by atoms with Gasteiger partial charge in [-0.1, -0.05) is 20.8 Å². The van der Waals surface area contributed by atoms with Crippen LogP contribution in [0.5, 0.6) is 0 Å². The van der Waals surface area contributed by atoms with E-state index in [0.717, 1.165) is 21.5 Å². The fourth-order valence-corrected chi connectivity index (χ4v) is 3.89. The third-order valence-corrected chi connectivity index (χ3v) is 5.57. The molecule has 5 heteroatoms. The number of hydrogen-bond donors (Lipinski definition) is 1. The zero-order valence-corrected chi connectivity index (χ0v) is 14.4. The second-order valence-electron chi connectivity index (χ2n) is 6.41. The Kier molecular flexibility index (Phi) is 4.30. The number of thiophene rings is 1. The van der Waals surface area contributed by atoms with Crippen LogP contribution in [-0.2, 0) is 6.54 Å². The van der Waals surface area contributed by atoms with Crippen LogP contribution in [0.15, 0.2) is 11.1 Å². The average molecular weight is 310 g/mol. The third kappa shape index (κ3) is 2.79. The van der Waals surface area contributed by atoms with Gasteiger partial charge >= 0.3 is 0 Å². The summed E-state index contributed by atoms with van der Waals surface area (Å²) in [4.78, 5) is 19.1. The molecule has 0 aliphatic heterocycles. The van der Waals surface area contributed by atoms with Gasteiger partial charge in [0.1, 0.15) is 4.83 Å². The molecule has 110 valence electrons. The summed E-state index contributed by atoms with van der Waals surface area (Å²) in [5.41, 5.74) is 1.26. The van der Waals surface area contributed by atoms with E-state index in [1.54, 1.807) is 22.2 Å². The first-order chi connectivity index (χ1) is 9.25. The van der Waals surface area contributed by atoms with Crippen molar-refractivity contribution in [1.29, 1.82) is 0 Å². The molecule has 3 nitrogen and oxygen atoms in total. The summed E-state index contributed by atoms with van der Waals surface area (Å²) in [6.45, 7) is 11.3. The summed E-state index contributed by atoms with van der Waals surface area (Å²) < 4.78 is 1.74. The van der Waals surface area contributed by atoms with E-state index in [2.05, 4.69) is 38.4 Å². The number of hydrogen-bond acceptors (Lipinski definition) is 4. The monoisotopic (exact) mass is 310 g/mol. The molecule has 0 aliphatic rings. The van der Waals surface area contributed by atoms with E-state index >= 15 is 0 Å². The van der Waals surface area contributed by atoms with Crippen LogP contribution < -0.4 is 5.56 Å². The molecule has 2 aromatic heterocycles. The average Bonchev–Trinajstić information content (AvgIpc) is 2.63. The van der Waals surface area contributed by atoms with E-state index in [4.69, 9.17) is 0 Å². The summed E-state index contributed by atoms with van der Waals surface area (Å²) in [6, 6.07) is 0. The van der Waals surface area contributed by atoms with Crippen molar-refractivity contribution in [2.45, 2.75) is 41.2 Å². The lowest BCUT2D eigenvalue weighted by Crippen LogP contribution is -2.31. The van der Waals surface area contributed by atoms with Gasteiger partial charge in [0.25, 0.3) is 5.56 Å². The Morgan fingerprint density at radius 1 is 1.40 bits per heavy atom. The summed E-state index contributed by atoms with van der Waals surface area (Å²) >= 11 is 6.03. The number of aromatic nitrogens is 2. The summed E-state index contributed by atoms with van der Waals surface area (Å²) in [7, 11) is 0. The highest BCUT2D eigenvalue weighted by Crippen LogP contribution is 2.29. The molecule has 0 aromatic carbocycles. The van der Waals surface area contributed by atoms with Crippen molar-refractivity contribution in [1.82, 2.24) is 9.55 Å². The van der Waals surface area contributed by atoms with Gasteiger partial charge in [-0.2, -0.15) is 12.6 Å². The summed E-state index contributed by atoms with van der Waals surface area (Å²) in [6.07, 6.45) is 1.68. The Bertz CT molecular complexity index is 679. The van der Waals surface area contributed by atoms with E-state index in [1.165, 1.54) is 4.88 Å². The first kappa shape index (κ1) is 15.6. The quantitative estimate of drug-likeness (QED) is 0.878. The first-order valence-corrected chi connectivity index (χ1v) is 8.26. The molecule has 1 atom stereocenters. The highest BCUT2D eigenvalue weighted by Gasteiger charge is 2.24. The minimum absolute atomic E-state index is 0.0767. The van der Waals surface area contributed by atoms with E-state index in [-0.39, 0.29) is 11.0 Å². The number of rotatable bonds is 3. The van der Waals surface area contributed by atoms with Gasteiger partial charge in [-0.3, -0.25) is 9.36 Å². The van der Waals surface area contributed by atoms with Crippen molar-refractivity contribution >= 4 is 34.2 Å². The van der Waals surface area contributed by atoms with E-state index < -0.39 is 0 Å². The van der Waals surface area contributed by atoms with E-state index in [0.29, 0.717) is 12.5 Å². The van der Waals surface area contributed by atoms with Crippen LogP contribution in [0, 0.1) is 25.2 Å². The van der Waals surface area contributed by atoms with Gasteiger partial charge in [-0.25, -0.2) is 4.98 Å². The second kappa shape index (κ2) is 5.53. The SMILES string of the molecule is Cc1sc2ncn(CC(CS)C(C)(C)C)c(=O)c2c1C. The Labute approximate surface area is 129 Å². The van der Waals surface area contributed by atoms with Gasteiger partial charge in [-0.15, -0.1) is 11.3 Å². The summed E-state index contributed by atoms with van der Waals surface area (Å²) in [5.74, 6) is 1.10. The zero-order chi connectivity index (χ0) is 15.1. The van der Waals surface area contributed by atoms with Crippen LogP contribution in [0.2, 0.25) is 0 Å². The normalized spacial score (nSPS) is 13.9. The molecular weight excluding hydrogens is 288 g/mol. The highest BCUT2D eigenvalue weighted by molar-refractivity contribution is 7.80. The Balaban J connectivity index is 2.49. The van der Waals surface area contributed by atoms with Crippen molar-refractivity contribution in [3.63, 3.8) is 0 Å². The maximum absolute atomic E-state index is 12.6. The fraction of sp³-hybridized carbons (Fsp3) is 0.600. The molecule has 2 heterocycles. The number of nitrogens with zero attached hydrogens (tertiary/aromatic N) is 2. The van der Waals surface area contributed by atoms with E-state index in [1.807, 2.05) is 13.8 Å². The number of aryl methyl sites for hydroxylation is 2. The predicted molar refractivity (Wildman–Crippen MR) is 90.2 cm³/mol. The number of thiol groups is 1. The minimum Gasteiger partial charge on any atom is -0.298 e. The topological polar surface area (TPSA) is 34.9 Å². The molecule has 0 bridgehead atoms. The lowest BCUT2D eigenvalue weighted by Gasteiger charge is -2.29.